The highest BCUT2D eigenvalue weighted by molar-refractivity contribution is 7.89. The van der Waals surface area contributed by atoms with Crippen molar-refractivity contribution in [2.75, 3.05) is 13.1 Å². The van der Waals surface area contributed by atoms with Crippen molar-refractivity contribution in [2.24, 2.45) is 0 Å². The average molecular weight is 451 g/mol. The number of hydrogen-bond donors (Lipinski definition) is 0. The Kier molecular flexibility index (Phi) is 5.61. The number of hydrogen-bond acceptors (Lipinski definition) is 5. The number of aromatic nitrogens is 2. The second-order valence-corrected chi connectivity index (χ2v) is 9.42. The van der Waals surface area contributed by atoms with E-state index >= 15 is 0 Å². The first kappa shape index (κ1) is 21.5. The molecule has 4 rings (SSSR count). The maximum absolute atomic E-state index is 13.4. The quantitative estimate of drug-likeness (QED) is 0.578. The number of halogens is 3. The molecule has 2 aromatic carbocycles. The summed E-state index contributed by atoms with van der Waals surface area (Å²) in [4.78, 5) is 3.66. The molecule has 2 heterocycles. The second-order valence-electron chi connectivity index (χ2n) is 7.52. The Labute approximate surface area is 177 Å². The molecule has 0 N–H and O–H groups in total. The van der Waals surface area contributed by atoms with Gasteiger partial charge in [0.1, 0.15) is 0 Å². The van der Waals surface area contributed by atoms with E-state index in [4.69, 9.17) is 4.52 Å². The summed E-state index contributed by atoms with van der Waals surface area (Å²) >= 11 is 0. The first-order chi connectivity index (χ1) is 14.7. The van der Waals surface area contributed by atoms with Crippen molar-refractivity contribution in [1.29, 1.82) is 0 Å². The lowest BCUT2D eigenvalue weighted by molar-refractivity contribution is -0.139. The molecule has 1 saturated heterocycles. The molecule has 31 heavy (non-hydrogen) atoms. The SMILES string of the molecule is Cc1ccc(-c2noc([C@H]3CCCN(S(=O)(=O)c4ccccc4C(F)(F)F)C3)n2)cc1. The number of sulfonamides is 1. The van der Waals surface area contributed by atoms with Crippen molar-refractivity contribution in [2.45, 2.75) is 36.8 Å². The fraction of sp³-hybridized carbons (Fsp3) is 0.333. The number of rotatable bonds is 4. The van der Waals surface area contributed by atoms with Gasteiger partial charge in [0.2, 0.25) is 21.7 Å². The molecule has 0 spiro atoms. The Hall–Kier alpha value is -2.72. The standard InChI is InChI=1S/C21H20F3N3O3S/c1-14-8-10-15(11-9-14)19-25-20(30-26-19)16-5-4-12-27(13-16)31(28,29)18-7-3-2-6-17(18)21(22,23)24/h2-3,6-11,16H,4-5,12-13H2,1H3/t16-/m0/s1. The minimum atomic E-state index is -4.77. The smallest absolute Gasteiger partial charge is 0.339 e. The van der Waals surface area contributed by atoms with Crippen LogP contribution in [0, 0.1) is 6.92 Å². The van der Waals surface area contributed by atoms with Crippen LogP contribution in [0.15, 0.2) is 57.9 Å². The van der Waals surface area contributed by atoms with Crippen LogP contribution >= 0.6 is 0 Å². The molecule has 1 aliphatic heterocycles. The van der Waals surface area contributed by atoms with E-state index in [9.17, 15) is 21.6 Å². The summed E-state index contributed by atoms with van der Waals surface area (Å²) in [7, 11) is -4.34. The summed E-state index contributed by atoms with van der Waals surface area (Å²) in [6.45, 7) is 2.06. The molecule has 1 aliphatic rings. The zero-order valence-electron chi connectivity index (χ0n) is 16.6. The summed E-state index contributed by atoms with van der Waals surface area (Å²) in [5.41, 5.74) is 0.677. The van der Waals surface area contributed by atoms with E-state index in [-0.39, 0.29) is 19.0 Å². The maximum Gasteiger partial charge on any atom is 0.417 e. The third-order valence-corrected chi connectivity index (χ3v) is 7.22. The Balaban J connectivity index is 1.59. The lowest BCUT2D eigenvalue weighted by atomic mass is 10.00. The van der Waals surface area contributed by atoms with Crippen LogP contribution in [0.2, 0.25) is 0 Å². The van der Waals surface area contributed by atoms with Gasteiger partial charge in [-0.1, -0.05) is 47.1 Å². The van der Waals surface area contributed by atoms with Gasteiger partial charge in [0.05, 0.1) is 16.4 Å². The Morgan fingerprint density at radius 1 is 1.10 bits per heavy atom. The molecule has 1 fully saturated rings. The molecule has 3 aromatic rings. The number of piperidine rings is 1. The summed E-state index contributed by atoms with van der Waals surface area (Å²) in [6.07, 6.45) is -3.70. The van der Waals surface area contributed by atoms with Gasteiger partial charge in [0.15, 0.2) is 0 Å². The summed E-state index contributed by atoms with van der Waals surface area (Å²) in [5.74, 6) is 0.269. The molecule has 10 heteroatoms. The van der Waals surface area contributed by atoms with Gasteiger partial charge in [0.25, 0.3) is 0 Å². The molecule has 1 aromatic heterocycles. The van der Waals surface area contributed by atoms with Gasteiger partial charge >= 0.3 is 6.18 Å². The van der Waals surface area contributed by atoms with Gasteiger partial charge < -0.3 is 4.52 Å². The number of alkyl halides is 3. The Bertz CT molecular complexity index is 1170. The van der Waals surface area contributed by atoms with E-state index in [0.29, 0.717) is 18.7 Å². The van der Waals surface area contributed by atoms with Crippen molar-refractivity contribution in [3.8, 4) is 11.4 Å². The molecule has 0 radical (unpaired) electrons. The maximum atomic E-state index is 13.4. The predicted octanol–water partition coefficient (Wildman–Crippen LogP) is 4.63. The van der Waals surface area contributed by atoms with Gasteiger partial charge in [0, 0.05) is 18.7 Å². The molecule has 6 nitrogen and oxygen atoms in total. The highest BCUT2D eigenvalue weighted by Crippen LogP contribution is 2.37. The van der Waals surface area contributed by atoms with Crippen LogP contribution in [0.4, 0.5) is 13.2 Å². The van der Waals surface area contributed by atoms with E-state index in [2.05, 4.69) is 10.1 Å². The largest absolute Gasteiger partial charge is 0.417 e. The Morgan fingerprint density at radius 3 is 2.52 bits per heavy atom. The van der Waals surface area contributed by atoms with Gasteiger partial charge in [-0.05, 0) is 31.9 Å². The Morgan fingerprint density at radius 2 is 1.81 bits per heavy atom. The van der Waals surface area contributed by atoms with Gasteiger partial charge in [-0.25, -0.2) is 8.42 Å². The van der Waals surface area contributed by atoms with E-state index in [1.165, 1.54) is 12.1 Å². The summed E-state index contributed by atoms with van der Waals surface area (Å²) in [5, 5.41) is 3.98. The third-order valence-electron chi connectivity index (χ3n) is 5.30. The van der Waals surface area contributed by atoms with Crippen LogP contribution in [0.1, 0.15) is 35.8 Å². The first-order valence-electron chi connectivity index (χ1n) is 9.73. The van der Waals surface area contributed by atoms with Crippen molar-refractivity contribution < 1.29 is 26.1 Å². The normalized spacial score (nSPS) is 18.3. The zero-order chi connectivity index (χ0) is 22.2. The van der Waals surface area contributed by atoms with Gasteiger partial charge in [-0.2, -0.15) is 22.5 Å². The van der Waals surface area contributed by atoms with E-state index in [1.807, 2.05) is 31.2 Å². The van der Waals surface area contributed by atoms with Crippen LogP contribution in [-0.2, 0) is 16.2 Å². The highest BCUT2D eigenvalue weighted by atomic mass is 32.2. The molecule has 0 saturated carbocycles. The average Bonchev–Trinajstić information content (AvgIpc) is 3.24. The van der Waals surface area contributed by atoms with Crippen molar-refractivity contribution >= 4 is 10.0 Å². The van der Waals surface area contributed by atoms with E-state index in [1.54, 1.807) is 0 Å². The molecular formula is C21H20F3N3O3S. The minimum Gasteiger partial charge on any atom is -0.339 e. The fourth-order valence-electron chi connectivity index (χ4n) is 3.65. The van der Waals surface area contributed by atoms with Crippen molar-refractivity contribution in [3.63, 3.8) is 0 Å². The molecule has 0 bridgehead atoms. The van der Waals surface area contributed by atoms with Crippen LogP contribution < -0.4 is 0 Å². The predicted molar refractivity (Wildman–Crippen MR) is 107 cm³/mol. The monoisotopic (exact) mass is 451 g/mol. The molecular weight excluding hydrogens is 431 g/mol. The topological polar surface area (TPSA) is 76.3 Å². The van der Waals surface area contributed by atoms with Gasteiger partial charge in [-0.15, -0.1) is 0 Å². The zero-order valence-corrected chi connectivity index (χ0v) is 17.4. The fourth-order valence-corrected chi connectivity index (χ4v) is 5.38. The third kappa shape index (κ3) is 4.35. The lowest BCUT2D eigenvalue weighted by Crippen LogP contribution is -2.39. The van der Waals surface area contributed by atoms with Gasteiger partial charge in [-0.3, -0.25) is 0 Å². The molecule has 164 valence electrons. The van der Waals surface area contributed by atoms with Crippen LogP contribution in [0.3, 0.4) is 0 Å². The number of aryl methyl sites for hydroxylation is 1. The number of benzene rings is 2. The lowest BCUT2D eigenvalue weighted by Gasteiger charge is -2.30. The summed E-state index contributed by atoms with van der Waals surface area (Å²) < 4.78 is 72.6. The molecule has 1 atom stereocenters. The van der Waals surface area contributed by atoms with Crippen LogP contribution in [0.5, 0.6) is 0 Å². The van der Waals surface area contributed by atoms with E-state index < -0.39 is 32.6 Å². The molecule has 0 aliphatic carbocycles. The molecule has 0 amide bonds. The minimum absolute atomic E-state index is 0.0238. The summed E-state index contributed by atoms with van der Waals surface area (Å²) in [6, 6.07) is 11.8. The van der Waals surface area contributed by atoms with Crippen molar-refractivity contribution in [3.05, 3.63) is 65.5 Å². The van der Waals surface area contributed by atoms with Crippen LogP contribution in [0.25, 0.3) is 11.4 Å². The van der Waals surface area contributed by atoms with E-state index in [0.717, 1.165) is 27.6 Å². The second kappa shape index (κ2) is 8.08. The van der Waals surface area contributed by atoms with Crippen LogP contribution in [-0.4, -0.2) is 36.0 Å². The highest BCUT2D eigenvalue weighted by Gasteiger charge is 2.40. The molecule has 0 unspecified atom stereocenters. The van der Waals surface area contributed by atoms with Crippen molar-refractivity contribution in [1.82, 2.24) is 14.4 Å². The number of nitrogens with zero attached hydrogens (tertiary/aromatic N) is 3. The first-order valence-corrected chi connectivity index (χ1v) is 11.2.